The number of phenolic OH excluding ortho intramolecular Hbond substituents is 1. The Morgan fingerprint density at radius 1 is 0.857 bits per heavy atom. The second-order valence-electron chi connectivity index (χ2n) is 6.61. The minimum atomic E-state index is -4.44. The predicted octanol–water partition coefficient (Wildman–Crippen LogP) is 4.78. The van der Waals surface area contributed by atoms with E-state index in [2.05, 4.69) is 10.1 Å². The average molecular weight is 504 g/mol. The number of carbonyl (C=O) groups excluding carboxylic acids is 1. The van der Waals surface area contributed by atoms with E-state index in [9.17, 15) is 32.7 Å². The predicted molar refractivity (Wildman–Crippen MR) is 120 cm³/mol. The van der Waals surface area contributed by atoms with E-state index in [0.29, 0.717) is 0 Å². The summed E-state index contributed by atoms with van der Waals surface area (Å²) in [6.07, 6.45) is -4.44. The quantitative estimate of drug-likeness (QED) is 0.222. The molecule has 0 heterocycles. The molecule has 0 unspecified atom stereocenters. The van der Waals surface area contributed by atoms with E-state index in [4.69, 9.17) is 10.2 Å². The van der Waals surface area contributed by atoms with Crippen LogP contribution in [0.15, 0.2) is 66.7 Å². The van der Waals surface area contributed by atoms with Crippen molar-refractivity contribution in [1.82, 2.24) is 0 Å². The number of para-hydroxylation sites is 2. The molecule has 181 valence electrons. The van der Waals surface area contributed by atoms with Gasteiger partial charge < -0.3 is 25.4 Å². The highest BCUT2D eigenvalue weighted by atomic mass is 27.0. The Morgan fingerprint density at radius 3 is 2.00 bits per heavy atom. The molecule has 0 aliphatic rings. The maximum Gasteiger partial charge on any atom is 0.416 e. The lowest BCUT2D eigenvalue weighted by Gasteiger charge is -2.12. The molecule has 0 bridgehead atoms. The van der Waals surface area contributed by atoms with Crippen molar-refractivity contribution >= 4 is 46.6 Å². The third-order valence-electron chi connectivity index (χ3n) is 4.10. The van der Waals surface area contributed by atoms with Gasteiger partial charge in [-0.15, -0.1) is 0 Å². The van der Waals surface area contributed by atoms with E-state index < -0.39 is 29.6 Å². The highest BCUT2D eigenvalue weighted by molar-refractivity contribution is 5.95. The number of carboxylic acid groups (broad SMARTS) is 2. The van der Waals surface area contributed by atoms with Gasteiger partial charge in [-0.1, -0.05) is 24.3 Å². The number of hydrogen-bond donors (Lipinski definition) is 4. The van der Waals surface area contributed by atoms with Crippen LogP contribution in [0.3, 0.4) is 0 Å². The van der Waals surface area contributed by atoms with E-state index in [1.54, 1.807) is 12.1 Å². The zero-order chi connectivity index (χ0) is 25.5. The van der Waals surface area contributed by atoms with Crippen LogP contribution in [-0.4, -0.2) is 50.6 Å². The van der Waals surface area contributed by atoms with Crippen LogP contribution in [0.5, 0.6) is 11.5 Å². The van der Waals surface area contributed by atoms with E-state index in [1.165, 1.54) is 42.5 Å². The zero-order valence-electron chi connectivity index (χ0n) is 18.0. The fourth-order valence-corrected chi connectivity index (χ4v) is 2.65. The maximum atomic E-state index is 12.6. The summed E-state index contributed by atoms with van der Waals surface area (Å²) in [5, 5.41) is 29.6. The van der Waals surface area contributed by atoms with Crippen molar-refractivity contribution < 1.29 is 47.6 Å². The lowest BCUT2D eigenvalue weighted by Crippen LogP contribution is -2.07. The van der Waals surface area contributed by atoms with Gasteiger partial charge in [-0.05, 0) is 42.5 Å². The first kappa shape index (κ1) is 29.0. The number of hydrogen-bond acceptors (Lipinski definition) is 6. The summed E-state index contributed by atoms with van der Waals surface area (Å²) in [4.78, 5) is 32.3. The van der Waals surface area contributed by atoms with Gasteiger partial charge >= 0.3 is 24.1 Å². The molecule has 0 saturated carbocycles. The molecule has 0 spiro atoms. The molecular weight excluding hydrogens is 486 g/mol. The first-order valence-electron chi connectivity index (χ1n) is 9.40. The Balaban J connectivity index is 0.000000362. The normalized spacial score (nSPS) is 10.2. The lowest BCUT2D eigenvalue weighted by atomic mass is 10.1. The fourth-order valence-electron chi connectivity index (χ4n) is 2.65. The minimum absolute atomic E-state index is 0. The number of nitrogens with one attached hydrogen (secondary N) is 1. The number of aromatic hydroxyl groups is 1. The second kappa shape index (κ2) is 12.5. The Bertz CT molecular complexity index is 1220. The summed E-state index contributed by atoms with van der Waals surface area (Å²) < 4.78 is 42.3. The second-order valence-corrected chi connectivity index (χ2v) is 6.61. The van der Waals surface area contributed by atoms with E-state index >= 15 is 0 Å². The molecule has 35 heavy (non-hydrogen) atoms. The Hall–Kier alpha value is -4.01. The topological polar surface area (TPSA) is 133 Å². The molecule has 3 aromatic rings. The molecule has 8 nitrogen and oxygen atoms in total. The van der Waals surface area contributed by atoms with Gasteiger partial charge in [0.05, 0.1) is 16.8 Å². The molecule has 0 saturated heterocycles. The summed E-state index contributed by atoms with van der Waals surface area (Å²) in [6, 6.07) is 14.4. The van der Waals surface area contributed by atoms with Crippen molar-refractivity contribution in [3.8, 4) is 11.5 Å². The first-order chi connectivity index (χ1) is 15.9. The van der Waals surface area contributed by atoms with Gasteiger partial charge in [-0.25, -0.2) is 9.59 Å². The lowest BCUT2D eigenvalue weighted by molar-refractivity contribution is -0.137. The van der Waals surface area contributed by atoms with Crippen LogP contribution in [0.25, 0.3) is 0 Å². The maximum absolute atomic E-state index is 12.6. The van der Waals surface area contributed by atoms with Gasteiger partial charge in [0, 0.05) is 30.0 Å². The summed E-state index contributed by atoms with van der Waals surface area (Å²) >= 11 is 0. The van der Waals surface area contributed by atoms with E-state index in [0.717, 1.165) is 19.1 Å². The number of rotatable bonds is 5. The smallest absolute Gasteiger partial charge is 0.416 e. The third kappa shape index (κ3) is 8.37. The van der Waals surface area contributed by atoms with Crippen molar-refractivity contribution in [1.29, 1.82) is 0 Å². The molecule has 3 rings (SSSR count). The number of carbonyl (C=O) groups is 3. The molecule has 0 aliphatic carbocycles. The number of anilines is 2. The number of ether oxygens (including phenoxy) is 1. The van der Waals surface area contributed by atoms with Crippen molar-refractivity contribution in [3.63, 3.8) is 0 Å². The molecule has 0 fully saturated rings. The van der Waals surface area contributed by atoms with E-state index in [-0.39, 0.29) is 51.4 Å². The van der Waals surface area contributed by atoms with Crippen LogP contribution in [0, 0.1) is 0 Å². The van der Waals surface area contributed by atoms with Gasteiger partial charge in [-0.3, -0.25) is 4.79 Å². The monoisotopic (exact) mass is 504 g/mol. The first-order valence-corrected chi connectivity index (χ1v) is 9.40. The standard InChI is InChI=1S/C14H10F3NO2.C9H8O5.Al/c15-14(16,17)9-4-3-5-10(8-9)18-12-7-2-1-6-11(12)13(19)20;1-5(10)14-8-6(9(12)13)3-2-4-7(8)11;/h1-8,18H,(H,19,20);2-4,11H,1H3,(H,12,13);. The largest absolute Gasteiger partial charge is 0.504 e. The van der Waals surface area contributed by atoms with Gasteiger partial charge in [0.25, 0.3) is 0 Å². The number of halogens is 3. The zero-order valence-corrected chi connectivity index (χ0v) is 19.2. The van der Waals surface area contributed by atoms with E-state index in [1.807, 2.05) is 0 Å². The fraction of sp³-hybridized carbons (Fsp3) is 0.0870. The van der Waals surface area contributed by atoms with Gasteiger partial charge in [0.2, 0.25) is 0 Å². The highest BCUT2D eigenvalue weighted by Gasteiger charge is 2.30. The van der Waals surface area contributed by atoms with Crippen LogP contribution in [-0.2, 0) is 11.0 Å². The number of phenols is 1. The summed E-state index contributed by atoms with van der Waals surface area (Å²) in [6.45, 7) is 1.12. The van der Waals surface area contributed by atoms with Crippen LogP contribution in [0.1, 0.15) is 33.2 Å². The molecule has 12 heteroatoms. The van der Waals surface area contributed by atoms with Gasteiger partial charge in [-0.2, -0.15) is 13.2 Å². The number of alkyl halides is 3. The number of aromatic carboxylic acids is 2. The molecule has 0 amide bonds. The highest BCUT2D eigenvalue weighted by Crippen LogP contribution is 2.32. The third-order valence-corrected chi connectivity index (χ3v) is 4.10. The molecule has 0 aromatic heterocycles. The van der Waals surface area contributed by atoms with Crippen molar-refractivity contribution in [2.45, 2.75) is 13.1 Å². The molecule has 0 aliphatic heterocycles. The minimum Gasteiger partial charge on any atom is -0.504 e. The van der Waals surface area contributed by atoms with Crippen LogP contribution in [0.2, 0.25) is 0 Å². The average Bonchev–Trinajstić information content (AvgIpc) is 2.75. The molecule has 0 atom stereocenters. The molecule has 3 radical (unpaired) electrons. The van der Waals surface area contributed by atoms with Crippen molar-refractivity contribution in [2.75, 3.05) is 5.32 Å². The molecule has 4 N–H and O–H groups in total. The Labute approximate surface area is 207 Å². The Kier molecular flexibility index (Phi) is 10.3. The van der Waals surface area contributed by atoms with Crippen molar-refractivity contribution in [2.24, 2.45) is 0 Å². The summed E-state index contributed by atoms with van der Waals surface area (Å²) in [5.74, 6) is -3.81. The van der Waals surface area contributed by atoms with Gasteiger partial charge in [0.1, 0.15) is 5.56 Å². The van der Waals surface area contributed by atoms with Crippen molar-refractivity contribution in [3.05, 3.63) is 83.4 Å². The SMILES string of the molecule is CC(=O)Oc1c(O)cccc1C(=O)O.O=C(O)c1ccccc1Nc1cccc(C(F)(F)F)c1.[Al]. The Morgan fingerprint density at radius 2 is 1.43 bits per heavy atom. The summed E-state index contributed by atoms with van der Waals surface area (Å²) in [7, 11) is 0. The van der Waals surface area contributed by atoms with Crippen LogP contribution >= 0.6 is 0 Å². The summed E-state index contributed by atoms with van der Waals surface area (Å²) in [5.41, 5.74) is -0.645. The van der Waals surface area contributed by atoms with Crippen LogP contribution < -0.4 is 10.1 Å². The number of benzene rings is 3. The molecule has 3 aromatic carbocycles. The van der Waals surface area contributed by atoms with Crippen LogP contribution in [0.4, 0.5) is 24.5 Å². The molecular formula is C23H18AlF3NO7. The van der Waals surface area contributed by atoms with Gasteiger partial charge in [0.15, 0.2) is 11.5 Å². The number of esters is 1. The number of carboxylic acids is 2.